The lowest BCUT2D eigenvalue weighted by molar-refractivity contribution is -0.119. The van der Waals surface area contributed by atoms with E-state index in [9.17, 15) is 14.4 Å². The van der Waals surface area contributed by atoms with Crippen molar-refractivity contribution >= 4 is 11.6 Å². The number of carbonyl (C=O) groups excluding carboxylic acids is 1. The molecule has 0 saturated heterocycles. The number of amides is 1. The van der Waals surface area contributed by atoms with Crippen LogP contribution in [0.2, 0.25) is 0 Å². The van der Waals surface area contributed by atoms with Crippen LogP contribution in [0.5, 0.6) is 0 Å². The van der Waals surface area contributed by atoms with Crippen molar-refractivity contribution < 1.29 is 4.79 Å². The van der Waals surface area contributed by atoms with Gasteiger partial charge in [-0.05, 0) is 31.4 Å². The average molecular weight is 299 g/mol. The molecule has 22 heavy (non-hydrogen) atoms. The lowest BCUT2D eigenvalue weighted by Gasteiger charge is -2.35. The van der Waals surface area contributed by atoms with E-state index < -0.39 is 11.2 Å². The van der Waals surface area contributed by atoms with Crippen LogP contribution in [0.3, 0.4) is 0 Å². The van der Waals surface area contributed by atoms with E-state index in [2.05, 4.69) is 4.98 Å². The Morgan fingerprint density at radius 2 is 2.05 bits per heavy atom. The Hall–Kier alpha value is -2.63. The zero-order valence-electron chi connectivity index (χ0n) is 12.3. The summed E-state index contributed by atoms with van der Waals surface area (Å²) < 4.78 is 1.22. The number of nitrogens with zero attached hydrogens (tertiary/aromatic N) is 2. The van der Waals surface area contributed by atoms with Gasteiger partial charge in [-0.3, -0.25) is 19.1 Å². The van der Waals surface area contributed by atoms with E-state index in [1.807, 2.05) is 31.2 Å². The molecular formula is C16H17N3O3. The van der Waals surface area contributed by atoms with E-state index in [1.54, 1.807) is 4.90 Å². The maximum absolute atomic E-state index is 12.7. The molecule has 1 aromatic heterocycles. The first-order valence-corrected chi connectivity index (χ1v) is 7.26. The number of fused-ring (bicyclic) bond motifs is 1. The number of aryl methyl sites for hydroxylation is 1. The minimum absolute atomic E-state index is 0.0841. The third kappa shape index (κ3) is 2.59. The smallest absolute Gasteiger partial charge is 0.308 e. The molecule has 0 bridgehead atoms. The van der Waals surface area contributed by atoms with Gasteiger partial charge in [-0.15, -0.1) is 0 Å². The summed E-state index contributed by atoms with van der Waals surface area (Å²) in [6.45, 7) is 1.91. The highest BCUT2D eigenvalue weighted by molar-refractivity contribution is 5.95. The molecule has 0 radical (unpaired) electrons. The minimum atomic E-state index is -0.571. The molecule has 1 amide bonds. The van der Waals surface area contributed by atoms with Crippen molar-refractivity contribution in [1.82, 2.24) is 9.55 Å². The standard InChI is InChI=1S/C16H17N3O3/c1-11-6-7-12-4-2-3-5-13(12)19(11)15(21)10-18-9-8-14(20)17-16(18)22/h2-5,8-9,11H,6-7,10H2,1H3,(H,17,20,22)/t11-/m1/s1. The number of carbonyl (C=O) groups is 1. The van der Waals surface area contributed by atoms with E-state index in [-0.39, 0.29) is 18.5 Å². The van der Waals surface area contributed by atoms with Crippen LogP contribution >= 0.6 is 0 Å². The number of benzene rings is 1. The van der Waals surface area contributed by atoms with Crippen molar-refractivity contribution in [1.29, 1.82) is 0 Å². The van der Waals surface area contributed by atoms with Gasteiger partial charge in [-0.1, -0.05) is 18.2 Å². The van der Waals surface area contributed by atoms with E-state index in [1.165, 1.54) is 16.8 Å². The summed E-state index contributed by atoms with van der Waals surface area (Å²) in [7, 11) is 0. The number of H-pyrrole nitrogens is 1. The lowest BCUT2D eigenvalue weighted by atomic mass is 9.96. The van der Waals surface area contributed by atoms with Gasteiger partial charge in [-0.2, -0.15) is 0 Å². The van der Waals surface area contributed by atoms with Crippen LogP contribution in [0.25, 0.3) is 0 Å². The summed E-state index contributed by atoms with van der Waals surface area (Å²) in [5.41, 5.74) is 1.01. The van der Waals surface area contributed by atoms with E-state index in [0.717, 1.165) is 24.1 Å². The van der Waals surface area contributed by atoms with Crippen LogP contribution in [0.1, 0.15) is 18.9 Å². The van der Waals surface area contributed by atoms with Gasteiger partial charge < -0.3 is 4.90 Å². The van der Waals surface area contributed by atoms with Crippen LogP contribution in [-0.4, -0.2) is 21.5 Å². The van der Waals surface area contributed by atoms with Crippen LogP contribution in [-0.2, 0) is 17.8 Å². The molecule has 1 atom stereocenters. The number of hydrogen-bond donors (Lipinski definition) is 1. The molecule has 6 nitrogen and oxygen atoms in total. The fourth-order valence-corrected chi connectivity index (χ4v) is 2.86. The topological polar surface area (TPSA) is 75.2 Å². The van der Waals surface area contributed by atoms with Crippen LogP contribution in [0.4, 0.5) is 5.69 Å². The zero-order chi connectivity index (χ0) is 15.7. The highest BCUT2D eigenvalue weighted by Crippen LogP contribution is 2.30. The van der Waals surface area contributed by atoms with Gasteiger partial charge in [0.15, 0.2) is 0 Å². The van der Waals surface area contributed by atoms with Crippen LogP contribution < -0.4 is 16.1 Å². The molecule has 1 aliphatic rings. The first-order chi connectivity index (χ1) is 10.6. The Balaban J connectivity index is 1.92. The quantitative estimate of drug-likeness (QED) is 0.895. The van der Waals surface area contributed by atoms with Crippen molar-refractivity contribution in [2.24, 2.45) is 0 Å². The number of rotatable bonds is 2. The second kappa shape index (κ2) is 5.63. The van der Waals surface area contributed by atoms with Gasteiger partial charge in [0.1, 0.15) is 6.54 Å². The summed E-state index contributed by atoms with van der Waals surface area (Å²) in [5.74, 6) is -0.159. The zero-order valence-corrected chi connectivity index (χ0v) is 12.3. The summed E-state index contributed by atoms with van der Waals surface area (Å²) in [4.78, 5) is 39.4. The first kappa shape index (κ1) is 14.3. The molecule has 114 valence electrons. The van der Waals surface area contributed by atoms with Gasteiger partial charge in [0.25, 0.3) is 5.56 Å². The number of aromatic nitrogens is 2. The molecule has 0 fully saturated rings. The van der Waals surface area contributed by atoms with Gasteiger partial charge in [0.2, 0.25) is 5.91 Å². The van der Waals surface area contributed by atoms with Crippen molar-refractivity contribution in [3.05, 3.63) is 62.9 Å². The number of aromatic amines is 1. The van der Waals surface area contributed by atoms with E-state index in [0.29, 0.717) is 0 Å². The minimum Gasteiger partial charge on any atom is -0.308 e. The molecule has 1 aromatic carbocycles. The third-order valence-corrected chi connectivity index (χ3v) is 3.99. The van der Waals surface area contributed by atoms with Gasteiger partial charge in [-0.25, -0.2) is 4.79 Å². The molecule has 0 saturated carbocycles. The fourth-order valence-electron chi connectivity index (χ4n) is 2.86. The normalized spacial score (nSPS) is 17.1. The number of para-hydroxylation sites is 1. The second-order valence-corrected chi connectivity index (χ2v) is 5.52. The Kier molecular flexibility index (Phi) is 3.66. The summed E-state index contributed by atoms with van der Waals surface area (Å²) in [5, 5.41) is 0. The monoisotopic (exact) mass is 299 g/mol. The highest BCUT2D eigenvalue weighted by Gasteiger charge is 2.28. The van der Waals surface area contributed by atoms with Crippen molar-refractivity contribution in [2.45, 2.75) is 32.4 Å². The maximum atomic E-state index is 12.7. The summed E-state index contributed by atoms with van der Waals surface area (Å²) in [6.07, 6.45) is 3.18. The molecule has 0 aliphatic carbocycles. The largest absolute Gasteiger partial charge is 0.328 e. The van der Waals surface area contributed by atoms with Crippen molar-refractivity contribution in [2.75, 3.05) is 4.90 Å². The maximum Gasteiger partial charge on any atom is 0.328 e. The molecule has 1 aliphatic heterocycles. The van der Waals surface area contributed by atoms with Crippen molar-refractivity contribution in [3.8, 4) is 0 Å². The number of hydrogen-bond acceptors (Lipinski definition) is 3. The molecule has 0 unspecified atom stereocenters. The Labute approximate surface area is 127 Å². The average Bonchev–Trinajstić information content (AvgIpc) is 2.50. The molecule has 2 heterocycles. The van der Waals surface area contributed by atoms with Gasteiger partial charge >= 0.3 is 5.69 Å². The third-order valence-electron chi connectivity index (χ3n) is 3.99. The van der Waals surface area contributed by atoms with Crippen LogP contribution in [0.15, 0.2) is 46.1 Å². The van der Waals surface area contributed by atoms with Gasteiger partial charge in [0, 0.05) is 24.0 Å². The lowest BCUT2D eigenvalue weighted by Crippen LogP contribution is -2.45. The number of anilines is 1. The predicted octanol–water partition coefficient (Wildman–Crippen LogP) is 0.905. The molecule has 3 rings (SSSR count). The fraction of sp³-hybridized carbons (Fsp3) is 0.312. The molecular weight excluding hydrogens is 282 g/mol. The second-order valence-electron chi connectivity index (χ2n) is 5.52. The molecule has 2 aromatic rings. The summed E-state index contributed by atoms with van der Waals surface area (Å²) in [6, 6.07) is 9.14. The van der Waals surface area contributed by atoms with Crippen LogP contribution in [0, 0.1) is 0 Å². The predicted molar refractivity (Wildman–Crippen MR) is 83.0 cm³/mol. The summed E-state index contributed by atoms with van der Waals surface area (Å²) >= 11 is 0. The highest BCUT2D eigenvalue weighted by atomic mass is 16.2. The number of nitrogens with one attached hydrogen (secondary N) is 1. The van der Waals surface area contributed by atoms with Crippen molar-refractivity contribution in [3.63, 3.8) is 0 Å². The van der Waals surface area contributed by atoms with Gasteiger partial charge in [0.05, 0.1) is 0 Å². The van der Waals surface area contributed by atoms with E-state index in [4.69, 9.17) is 0 Å². The molecule has 1 N–H and O–H groups in total. The molecule has 0 spiro atoms. The van der Waals surface area contributed by atoms with E-state index >= 15 is 0 Å². The Bertz CT molecular complexity index is 822. The first-order valence-electron chi connectivity index (χ1n) is 7.26. The Morgan fingerprint density at radius 1 is 1.27 bits per heavy atom. The Morgan fingerprint density at radius 3 is 2.82 bits per heavy atom. The molecule has 6 heteroatoms. The SMILES string of the molecule is C[C@@H]1CCc2ccccc2N1C(=O)Cn1ccc(=O)[nH]c1=O.